The number of aryl methyl sites for hydroxylation is 1. The summed E-state index contributed by atoms with van der Waals surface area (Å²) in [4.78, 5) is 33.6. The lowest BCUT2D eigenvalue weighted by Gasteiger charge is -2.33. The number of benzene rings is 2. The largest absolute Gasteiger partial charge is 0.293 e. The first-order valence-electron chi connectivity index (χ1n) is 11.8. The monoisotopic (exact) mass is 506 g/mol. The first kappa shape index (κ1) is 23.9. The summed E-state index contributed by atoms with van der Waals surface area (Å²) in [5, 5.41) is 1.21. The fourth-order valence-corrected chi connectivity index (χ4v) is 6.94. The molecule has 0 fully saturated rings. The maximum absolute atomic E-state index is 13.9. The second kappa shape index (κ2) is 9.36. The van der Waals surface area contributed by atoms with E-state index in [0.29, 0.717) is 16.6 Å². The Morgan fingerprint density at radius 3 is 2.54 bits per heavy atom. The highest BCUT2D eigenvalue weighted by Gasteiger charge is 2.32. The Labute approximate surface area is 212 Å². The Balaban J connectivity index is 1.57. The zero-order chi connectivity index (χ0) is 24.7. The lowest BCUT2D eigenvalue weighted by Crippen LogP contribution is -2.27. The van der Waals surface area contributed by atoms with Crippen LogP contribution in [0.2, 0.25) is 0 Å². The Morgan fingerprint density at radius 2 is 1.86 bits per heavy atom. The van der Waals surface area contributed by atoms with Gasteiger partial charge in [0.1, 0.15) is 10.6 Å². The van der Waals surface area contributed by atoms with Gasteiger partial charge in [0.05, 0.1) is 16.8 Å². The van der Waals surface area contributed by atoms with Crippen LogP contribution in [-0.2, 0) is 12.8 Å². The molecule has 0 saturated heterocycles. The van der Waals surface area contributed by atoms with E-state index in [0.717, 1.165) is 40.7 Å². The smallest absolute Gasteiger partial charge is 0.267 e. The van der Waals surface area contributed by atoms with Crippen molar-refractivity contribution < 1.29 is 9.18 Å². The van der Waals surface area contributed by atoms with Crippen LogP contribution in [0.4, 0.5) is 4.39 Å². The zero-order valence-corrected chi connectivity index (χ0v) is 21.6. The van der Waals surface area contributed by atoms with Crippen LogP contribution in [0.5, 0.6) is 0 Å². The van der Waals surface area contributed by atoms with E-state index in [1.54, 1.807) is 15.9 Å². The van der Waals surface area contributed by atoms with Gasteiger partial charge in [-0.05, 0) is 72.6 Å². The molecule has 0 aliphatic heterocycles. The summed E-state index contributed by atoms with van der Waals surface area (Å²) in [6, 6.07) is 15.0. The van der Waals surface area contributed by atoms with Gasteiger partial charge < -0.3 is 0 Å². The van der Waals surface area contributed by atoms with E-state index in [2.05, 4.69) is 20.8 Å². The molecule has 1 unspecified atom stereocenters. The molecule has 0 saturated carbocycles. The topological polar surface area (TPSA) is 52.0 Å². The molecule has 1 atom stereocenters. The van der Waals surface area contributed by atoms with Crippen LogP contribution < -0.4 is 5.56 Å². The molecule has 0 amide bonds. The molecule has 1 aliphatic rings. The van der Waals surface area contributed by atoms with Crippen molar-refractivity contribution in [3.8, 4) is 5.69 Å². The highest BCUT2D eigenvalue weighted by atomic mass is 32.2. The second-order valence-corrected chi connectivity index (χ2v) is 12.1. The molecule has 2 aromatic carbocycles. The first-order valence-corrected chi connectivity index (χ1v) is 13.6. The van der Waals surface area contributed by atoms with Gasteiger partial charge in [0.2, 0.25) is 0 Å². The molecule has 0 bridgehead atoms. The van der Waals surface area contributed by atoms with Crippen molar-refractivity contribution in [1.82, 2.24) is 9.55 Å². The lowest BCUT2D eigenvalue weighted by molar-refractivity contribution is 0.102. The molecule has 5 rings (SSSR count). The number of para-hydroxylation sites is 1. The first-order chi connectivity index (χ1) is 16.7. The number of ketones is 1. The number of thiophene rings is 1. The van der Waals surface area contributed by atoms with Crippen molar-refractivity contribution >= 4 is 39.1 Å². The Morgan fingerprint density at radius 1 is 1.14 bits per heavy atom. The van der Waals surface area contributed by atoms with Crippen LogP contribution in [0.1, 0.15) is 48.0 Å². The van der Waals surface area contributed by atoms with Gasteiger partial charge in [-0.25, -0.2) is 9.37 Å². The van der Waals surface area contributed by atoms with Gasteiger partial charge >= 0.3 is 0 Å². The Bertz CT molecular complexity index is 1450. The van der Waals surface area contributed by atoms with Crippen molar-refractivity contribution in [3.05, 3.63) is 86.8 Å². The molecule has 4 aromatic rings. The van der Waals surface area contributed by atoms with Gasteiger partial charge in [0.15, 0.2) is 10.9 Å². The van der Waals surface area contributed by atoms with Crippen LogP contribution in [0.15, 0.2) is 64.5 Å². The number of aromatic nitrogens is 2. The fraction of sp³-hybridized carbons (Fsp3) is 0.321. The summed E-state index contributed by atoms with van der Waals surface area (Å²) in [7, 11) is 0. The maximum atomic E-state index is 13.9. The number of rotatable bonds is 5. The van der Waals surface area contributed by atoms with Crippen molar-refractivity contribution in [2.24, 2.45) is 11.3 Å². The summed E-state index contributed by atoms with van der Waals surface area (Å²) >= 11 is 2.86. The molecular weight excluding hydrogens is 479 g/mol. The third-order valence-electron chi connectivity index (χ3n) is 6.79. The number of nitrogens with zero attached hydrogens (tertiary/aromatic N) is 2. The predicted octanol–water partition coefficient (Wildman–Crippen LogP) is 6.71. The molecule has 7 heteroatoms. The predicted molar refractivity (Wildman–Crippen MR) is 142 cm³/mol. The molecule has 0 radical (unpaired) electrons. The van der Waals surface area contributed by atoms with Crippen LogP contribution in [0.25, 0.3) is 15.9 Å². The van der Waals surface area contributed by atoms with E-state index in [1.165, 1.54) is 40.9 Å². The van der Waals surface area contributed by atoms with E-state index in [4.69, 9.17) is 4.98 Å². The quantitative estimate of drug-likeness (QED) is 0.171. The van der Waals surface area contributed by atoms with Gasteiger partial charge in [-0.3, -0.25) is 14.2 Å². The number of carbonyl (C=O) groups excluding carboxylic acids is 1. The third-order valence-corrected chi connectivity index (χ3v) is 8.88. The summed E-state index contributed by atoms with van der Waals surface area (Å²) in [5.41, 5.74) is 2.45. The van der Waals surface area contributed by atoms with Gasteiger partial charge in [0, 0.05) is 10.4 Å². The lowest BCUT2D eigenvalue weighted by atomic mass is 9.72. The van der Waals surface area contributed by atoms with E-state index < -0.39 is 0 Å². The van der Waals surface area contributed by atoms with Crippen molar-refractivity contribution in [3.63, 3.8) is 0 Å². The maximum Gasteiger partial charge on any atom is 0.267 e. The number of Topliss-reactive ketones (excluding diaryl/α,β-unsaturated/α-hetero) is 1. The molecule has 1 aliphatic carbocycles. The highest BCUT2D eigenvalue weighted by Crippen LogP contribution is 2.42. The standard InChI is InChI=1S/C28H27FN2O2S2/c1-28(2,3)18-11-14-21-23(15-18)35-25-24(21)26(33)31(20-7-5-4-6-8-20)27(30-25)34-16-22(32)17-9-12-19(29)13-10-17/h4-10,12-13,18H,11,14-16H2,1-3H3. The molecular formula is C28H27FN2O2S2. The normalized spacial score (nSPS) is 15.8. The second-order valence-electron chi connectivity index (χ2n) is 10.1. The minimum absolute atomic E-state index is 0.0790. The van der Waals surface area contributed by atoms with Crippen LogP contribution >= 0.6 is 23.1 Å². The Kier molecular flexibility index (Phi) is 6.40. The SMILES string of the molecule is CC(C)(C)C1CCc2c(sc3nc(SCC(=O)c4ccc(F)cc4)n(-c4ccccc4)c(=O)c23)C1. The molecule has 2 aromatic heterocycles. The fourth-order valence-electron chi connectivity index (χ4n) is 4.70. The number of thioether (sulfide) groups is 1. The van der Waals surface area contributed by atoms with Gasteiger partial charge in [-0.1, -0.05) is 50.7 Å². The number of hydrogen-bond donors (Lipinski definition) is 0. The minimum Gasteiger partial charge on any atom is -0.293 e. The summed E-state index contributed by atoms with van der Waals surface area (Å²) in [6.07, 6.45) is 2.92. The number of carbonyl (C=O) groups is 1. The van der Waals surface area contributed by atoms with Crippen LogP contribution in [0, 0.1) is 17.2 Å². The molecule has 4 nitrogen and oxygen atoms in total. The summed E-state index contributed by atoms with van der Waals surface area (Å²) < 4.78 is 14.9. The zero-order valence-electron chi connectivity index (χ0n) is 20.0. The minimum atomic E-state index is -0.380. The van der Waals surface area contributed by atoms with Gasteiger partial charge in [-0.15, -0.1) is 11.3 Å². The van der Waals surface area contributed by atoms with Crippen molar-refractivity contribution in [2.75, 3.05) is 5.75 Å². The van der Waals surface area contributed by atoms with Crippen molar-refractivity contribution in [1.29, 1.82) is 0 Å². The highest BCUT2D eigenvalue weighted by molar-refractivity contribution is 7.99. The molecule has 35 heavy (non-hydrogen) atoms. The molecule has 0 spiro atoms. The van der Waals surface area contributed by atoms with E-state index >= 15 is 0 Å². The third kappa shape index (κ3) is 4.71. The molecule has 180 valence electrons. The number of hydrogen-bond acceptors (Lipinski definition) is 5. The Hall–Kier alpha value is -2.77. The molecule has 0 N–H and O–H groups in total. The van der Waals surface area contributed by atoms with Crippen LogP contribution in [-0.4, -0.2) is 21.1 Å². The van der Waals surface area contributed by atoms with Gasteiger partial charge in [-0.2, -0.15) is 0 Å². The average molecular weight is 507 g/mol. The van der Waals surface area contributed by atoms with Crippen molar-refractivity contribution in [2.45, 2.75) is 45.2 Å². The summed E-state index contributed by atoms with van der Waals surface area (Å²) in [5.74, 6) is 0.159. The van der Waals surface area contributed by atoms with E-state index in [9.17, 15) is 14.0 Å². The average Bonchev–Trinajstić information content (AvgIpc) is 3.21. The number of halogens is 1. The van der Waals surface area contributed by atoms with E-state index in [-0.39, 0.29) is 28.3 Å². The van der Waals surface area contributed by atoms with Crippen LogP contribution in [0.3, 0.4) is 0 Å². The molecule has 2 heterocycles. The van der Waals surface area contributed by atoms with E-state index in [1.807, 2.05) is 30.3 Å². The summed E-state index contributed by atoms with van der Waals surface area (Å²) in [6.45, 7) is 6.84. The van der Waals surface area contributed by atoms with Gasteiger partial charge in [0.25, 0.3) is 5.56 Å². The number of fused-ring (bicyclic) bond motifs is 3.